The maximum absolute atomic E-state index is 5.79. The molecular weight excluding hydrogens is 206 g/mol. The van der Waals surface area contributed by atoms with Gasteiger partial charge in [-0.2, -0.15) is 0 Å². The summed E-state index contributed by atoms with van der Waals surface area (Å²) in [5.41, 5.74) is 0. The lowest BCUT2D eigenvalue weighted by molar-refractivity contribution is 0.139. The summed E-state index contributed by atoms with van der Waals surface area (Å²) in [6.07, 6.45) is 9.68. The molecule has 2 heteroatoms. The summed E-state index contributed by atoms with van der Waals surface area (Å²) in [5.74, 6) is 0.802. The van der Waals surface area contributed by atoms with Gasteiger partial charge in [0.25, 0.3) is 0 Å². The van der Waals surface area contributed by atoms with Gasteiger partial charge < -0.3 is 0 Å². The summed E-state index contributed by atoms with van der Waals surface area (Å²) in [4.78, 5) is 2.67. The second-order valence-electron chi connectivity index (χ2n) is 5.02. The minimum atomic E-state index is 0.677. The summed E-state index contributed by atoms with van der Waals surface area (Å²) in [5, 5.41) is 0. The van der Waals surface area contributed by atoms with Crippen molar-refractivity contribution in [1.82, 2.24) is 4.90 Å². The van der Waals surface area contributed by atoms with Crippen molar-refractivity contribution in [2.45, 2.75) is 70.9 Å². The van der Waals surface area contributed by atoms with Crippen molar-refractivity contribution in [3.63, 3.8) is 0 Å². The molecule has 90 valence electrons. The molecule has 1 saturated carbocycles. The van der Waals surface area contributed by atoms with Crippen LogP contribution in [0.25, 0.3) is 0 Å². The summed E-state index contributed by atoms with van der Waals surface area (Å²) in [7, 11) is 0. The molecule has 1 aliphatic carbocycles. The highest BCUT2D eigenvalue weighted by Gasteiger charge is 2.21. The normalized spacial score (nSPS) is 19.8. The van der Waals surface area contributed by atoms with Crippen molar-refractivity contribution in [1.29, 1.82) is 0 Å². The molecule has 0 N–H and O–H groups in total. The van der Waals surface area contributed by atoms with Gasteiger partial charge in [-0.15, -0.1) is 11.6 Å². The van der Waals surface area contributed by atoms with E-state index in [9.17, 15) is 0 Å². The van der Waals surface area contributed by atoms with Crippen LogP contribution in [0.2, 0.25) is 0 Å². The fourth-order valence-electron chi connectivity index (χ4n) is 2.69. The lowest BCUT2D eigenvalue weighted by atomic mass is 10.1. The summed E-state index contributed by atoms with van der Waals surface area (Å²) < 4.78 is 0. The van der Waals surface area contributed by atoms with Crippen LogP contribution in [0.15, 0.2) is 0 Å². The molecule has 0 aromatic rings. The van der Waals surface area contributed by atoms with Gasteiger partial charge in [0.2, 0.25) is 0 Å². The molecule has 0 saturated heterocycles. The molecule has 0 aromatic carbocycles. The van der Waals surface area contributed by atoms with Gasteiger partial charge in [-0.1, -0.05) is 25.7 Å². The average Bonchev–Trinajstić information content (AvgIpc) is 2.47. The molecular formula is C13H26ClN. The van der Waals surface area contributed by atoms with Gasteiger partial charge in [-0.05, 0) is 39.7 Å². The minimum absolute atomic E-state index is 0.677. The van der Waals surface area contributed by atoms with E-state index in [-0.39, 0.29) is 0 Å². The lowest BCUT2D eigenvalue weighted by Gasteiger charge is -2.34. The van der Waals surface area contributed by atoms with Crippen LogP contribution in [0.5, 0.6) is 0 Å². The molecule has 1 fully saturated rings. The predicted octanol–water partition coefficient (Wildman–Crippen LogP) is 4.05. The van der Waals surface area contributed by atoms with Crippen molar-refractivity contribution in [3.8, 4) is 0 Å². The molecule has 0 bridgehead atoms. The highest BCUT2D eigenvalue weighted by molar-refractivity contribution is 6.17. The topological polar surface area (TPSA) is 3.24 Å². The van der Waals surface area contributed by atoms with Gasteiger partial charge in [0.1, 0.15) is 0 Å². The van der Waals surface area contributed by atoms with Crippen LogP contribution in [0, 0.1) is 0 Å². The van der Waals surface area contributed by atoms with E-state index in [1.807, 2.05) is 0 Å². The summed E-state index contributed by atoms with van der Waals surface area (Å²) in [6.45, 7) is 5.82. The largest absolute Gasteiger partial charge is 0.298 e. The van der Waals surface area contributed by atoms with Gasteiger partial charge >= 0.3 is 0 Å². The average molecular weight is 232 g/mol. The van der Waals surface area contributed by atoms with Crippen LogP contribution in [-0.2, 0) is 0 Å². The van der Waals surface area contributed by atoms with E-state index < -0.39 is 0 Å². The second-order valence-corrected chi connectivity index (χ2v) is 5.40. The molecule has 0 amide bonds. The van der Waals surface area contributed by atoms with E-state index in [4.69, 9.17) is 11.6 Å². The Bertz CT molecular complexity index is 151. The maximum Gasteiger partial charge on any atom is 0.0235 e. The van der Waals surface area contributed by atoms with Crippen LogP contribution >= 0.6 is 11.6 Å². The SMILES string of the molecule is CC(C)N(CCCCl)C1CCCCCC1. The van der Waals surface area contributed by atoms with Gasteiger partial charge in [-0.3, -0.25) is 4.90 Å². The molecule has 0 radical (unpaired) electrons. The number of rotatable bonds is 5. The van der Waals surface area contributed by atoms with E-state index in [1.165, 1.54) is 45.1 Å². The van der Waals surface area contributed by atoms with Crippen LogP contribution in [0.4, 0.5) is 0 Å². The zero-order valence-electron chi connectivity index (χ0n) is 10.3. The highest BCUT2D eigenvalue weighted by Crippen LogP contribution is 2.23. The standard InChI is InChI=1S/C13H26ClN/c1-12(2)15(11-7-10-14)13-8-5-3-4-6-9-13/h12-13H,3-11H2,1-2H3. The monoisotopic (exact) mass is 231 g/mol. The van der Waals surface area contributed by atoms with Crippen LogP contribution in [-0.4, -0.2) is 29.4 Å². The van der Waals surface area contributed by atoms with E-state index in [1.54, 1.807) is 0 Å². The Morgan fingerprint density at radius 3 is 2.20 bits per heavy atom. The lowest BCUT2D eigenvalue weighted by Crippen LogP contribution is -2.41. The number of hydrogen-bond donors (Lipinski definition) is 0. The molecule has 1 rings (SSSR count). The Morgan fingerprint density at radius 2 is 1.73 bits per heavy atom. The van der Waals surface area contributed by atoms with Crippen molar-refractivity contribution >= 4 is 11.6 Å². The Balaban J connectivity index is 2.44. The molecule has 15 heavy (non-hydrogen) atoms. The predicted molar refractivity (Wildman–Crippen MR) is 68.7 cm³/mol. The Hall–Kier alpha value is 0.250. The molecule has 0 unspecified atom stereocenters. The molecule has 0 spiro atoms. The molecule has 1 aliphatic rings. The zero-order chi connectivity index (χ0) is 11.1. The van der Waals surface area contributed by atoms with Gasteiger partial charge in [-0.25, -0.2) is 0 Å². The Morgan fingerprint density at radius 1 is 1.13 bits per heavy atom. The molecule has 0 aliphatic heterocycles. The zero-order valence-corrected chi connectivity index (χ0v) is 11.1. The third-order valence-electron chi connectivity index (χ3n) is 3.51. The minimum Gasteiger partial charge on any atom is -0.298 e. The molecule has 0 heterocycles. The Labute approximate surface area is 100 Å². The number of alkyl halides is 1. The van der Waals surface area contributed by atoms with Crippen LogP contribution < -0.4 is 0 Å². The first-order chi connectivity index (χ1) is 7.25. The van der Waals surface area contributed by atoms with Gasteiger partial charge in [0.05, 0.1) is 0 Å². The van der Waals surface area contributed by atoms with Crippen molar-refractivity contribution in [2.75, 3.05) is 12.4 Å². The Kier molecular flexibility index (Phi) is 6.67. The first-order valence-corrected chi connectivity index (χ1v) is 7.11. The maximum atomic E-state index is 5.79. The van der Waals surface area contributed by atoms with Crippen LogP contribution in [0.1, 0.15) is 58.8 Å². The quantitative estimate of drug-likeness (QED) is 0.510. The van der Waals surface area contributed by atoms with Gasteiger partial charge in [0.15, 0.2) is 0 Å². The van der Waals surface area contributed by atoms with Gasteiger partial charge in [0, 0.05) is 18.0 Å². The molecule has 1 nitrogen and oxygen atoms in total. The van der Waals surface area contributed by atoms with E-state index in [2.05, 4.69) is 18.7 Å². The smallest absolute Gasteiger partial charge is 0.0235 e. The third-order valence-corrected chi connectivity index (χ3v) is 3.77. The van der Waals surface area contributed by atoms with E-state index >= 15 is 0 Å². The van der Waals surface area contributed by atoms with Crippen LogP contribution in [0.3, 0.4) is 0 Å². The summed E-state index contributed by atoms with van der Waals surface area (Å²) in [6, 6.07) is 1.51. The fraction of sp³-hybridized carbons (Fsp3) is 1.00. The fourth-order valence-corrected chi connectivity index (χ4v) is 2.81. The van der Waals surface area contributed by atoms with Crippen molar-refractivity contribution < 1.29 is 0 Å². The third kappa shape index (κ3) is 4.74. The van der Waals surface area contributed by atoms with Crippen molar-refractivity contribution in [2.24, 2.45) is 0 Å². The highest BCUT2D eigenvalue weighted by atomic mass is 35.5. The summed E-state index contributed by atoms with van der Waals surface area (Å²) >= 11 is 5.79. The number of nitrogens with zero attached hydrogens (tertiary/aromatic N) is 1. The van der Waals surface area contributed by atoms with Crippen molar-refractivity contribution in [3.05, 3.63) is 0 Å². The molecule has 0 aromatic heterocycles. The molecule has 0 atom stereocenters. The van der Waals surface area contributed by atoms with E-state index in [0.717, 1.165) is 18.3 Å². The van der Waals surface area contributed by atoms with E-state index in [0.29, 0.717) is 6.04 Å². The second kappa shape index (κ2) is 7.51. The first-order valence-electron chi connectivity index (χ1n) is 6.57. The number of halogens is 1. The number of hydrogen-bond acceptors (Lipinski definition) is 1. The first kappa shape index (κ1) is 13.3.